The Bertz CT molecular complexity index is 1000. The molecule has 1 aliphatic rings. The number of carbonyl (C=O) groups is 1. The number of nitrogens with one attached hydrogen (secondary N) is 2. The highest BCUT2D eigenvalue weighted by Gasteiger charge is 2.23. The van der Waals surface area contributed by atoms with E-state index < -0.39 is 0 Å². The zero-order valence-corrected chi connectivity index (χ0v) is 16.6. The number of ether oxygens (including phenoxy) is 1. The van der Waals surface area contributed by atoms with Gasteiger partial charge in [0.2, 0.25) is 0 Å². The number of anilines is 2. The summed E-state index contributed by atoms with van der Waals surface area (Å²) in [5.74, 6) is 1.19. The second-order valence-electron chi connectivity index (χ2n) is 7.55. The van der Waals surface area contributed by atoms with Crippen LogP contribution in [-0.4, -0.2) is 47.1 Å². The number of aryl methyl sites for hydroxylation is 1. The van der Waals surface area contributed by atoms with Crippen molar-refractivity contribution >= 4 is 28.3 Å². The van der Waals surface area contributed by atoms with Crippen molar-refractivity contribution in [2.45, 2.75) is 26.7 Å². The standard InChI is InChI=1S/C22H26N4O2/c1-14(2)16-5-4-6-17(11-16)25-21-20-19(15(3)12-23-20)18(13-24-21)22(27)26-7-9-28-10-8-26/h4-6,11-14,23H,7-10H2,1-3H3,(H,24,25). The number of hydrogen-bond acceptors (Lipinski definition) is 4. The molecule has 6 nitrogen and oxygen atoms in total. The summed E-state index contributed by atoms with van der Waals surface area (Å²) >= 11 is 0. The molecule has 3 heterocycles. The zero-order chi connectivity index (χ0) is 19.7. The third-order valence-corrected chi connectivity index (χ3v) is 5.25. The van der Waals surface area contributed by atoms with Gasteiger partial charge in [-0.25, -0.2) is 4.98 Å². The third-order valence-electron chi connectivity index (χ3n) is 5.25. The first kappa shape index (κ1) is 18.5. The Morgan fingerprint density at radius 3 is 2.82 bits per heavy atom. The number of benzene rings is 1. The summed E-state index contributed by atoms with van der Waals surface area (Å²) in [4.78, 5) is 22.8. The Hall–Kier alpha value is -2.86. The van der Waals surface area contributed by atoms with Crippen molar-refractivity contribution in [2.75, 3.05) is 31.6 Å². The number of aromatic nitrogens is 2. The summed E-state index contributed by atoms with van der Waals surface area (Å²) in [7, 11) is 0. The van der Waals surface area contributed by atoms with Gasteiger partial charge in [0.15, 0.2) is 5.82 Å². The topological polar surface area (TPSA) is 70.2 Å². The van der Waals surface area contributed by atoms with E-state index in [1.807, 2.05) is 30.2 Å². The molecule has 3 aromatic rings. The first-order chi connectivity index (χ1) is 13.5. The maximum Gasteiger partial charge on any atom is 0.256 e. The molecule has 1 amide bonds. The molecule has 2 aromatic heterocycles. The van der Waals surface area contributed by atoms with Crippen LogP contribution in [0.15, 0.2) is 36.7 Å². The normalized spacial score (nSPS) is 14.6. The van der Waals surface area contributed by atoms with Crippen molar-refractivity contribution in [3.05, 3.63) is 53.3 Å². The highest BCUT2D eigenvalue weighted by Crippen LogP contribution is 2.30. The van der Waals surface area contributed by atoms with Crippen molar-refractivity contribution < 1.29 is 9.53 Å². The lowest BCUT2D eigenvalue weighted by Gasteiger charge is -2.27. The summed E-state index contributed by atoms with van der Waals surface area (Å²) in [5, 5.41) is 4.34. The molecule has 1 fully saturated rings. The van der Waals surface area contributed by atoms with E-state index in [0.717, 1.165) is 28.0 Å². The highest BCUT2D eigenvalue weighted by atomic mass is 16.5. The summed E-state index contributed by atoms with van der Waals surface area (Å²) in [6, 6.07) is 8.34. The number of amides is 1. The Balaban J connectivity index is 1.70. The van der Waals surface area contributed by atoms with Gasteiger partial charge in [-0.05, 0) is 36.1 Å². The van der Waals surface area contributed by atoms with Crippen LogP contribution < -0.4 is 5.32 Å². The van der Waals surface area contributed by atoms with Gasteiger partial charge >= 0.3 is 0 Å². The van der Waals surface area contributed by atoms with E-state index in [1.165, 1.54) is 5.56 Å². The van der Waals surface area contributed by atoms with Crippen molar-refractivity contribution in [1.82, 2.24) is 14.9 Å². The van der Waals surface area contributed by atoms with E-state index in [9.17, 15) is 4.79 Å². The number of H-pyrrole nitrogens is 1. The molecule has 4 rings (SSSR count). The zero-order valence-electron chi connectivity index (χ0n) is 16.6. The van der Waals surface area contributed by atoms with E-state index in [1.54, 1.807) is 6.20 Å². The number of fused-ring (bicyclic) bond motifs is 1. The largest absolute Gasteiger partial charge is 0.378 e. The minimum absolute atomic E-state index is 0.0110. The third kappa shape index (κ3) is 3.47. The lowest BCUT2D eigenvalue weighted by Crippen LogP contribution is -2.40. The van der Waals surface area contributed by atoms with Crippen molar-refractivity contribution in [2.24, 2.45) is 0 Å². The molecular formula is C22H26N4O2. The Morgan fingerprint density at radius 1 is 1.29 bits per heavy atom. The maximum atomic E-state index is 13.0. The fourth-order valence-electron chi connectivity index (χ4n) is 3.62. The van der Waals surface area contributed by atoms with Crippen molar-refractivity contribution in [1.29, 1.82) is 0 Å². The molecule has 146 valence electrons. The summed E-state index contributed by atoms with van der Waals surface area (Å²) in [6.07, 6.45) is 3.62. The van der Waals surface area contributed by atoms with Crippen LogP contribution in [0.4, 0.5) is 11.5 Å². The van der Waals surface area contributed by atoms with Crippen LogP contribution >= 0.6 is 0 Å². The van der Waals surface area contributed by atoms with Crippen LogP contribution in [0.5, 0.6) is 0 Å². The van der Waals surface area contributed by atoms with Gasteiger partial charge in [0.25, 0.3) is 5.91 Å². The van der Waals surface area contributed by atoms with Gasteiger partial charge in [0.1, 0.15) is 0 Å². The van der Waals surface area contributed by atoms with E-state index >= 15 is 0 Å². The quantitative estimate of drug-likeness (QED) is 0.713. The average Bonchev–Trinajstić information content (AvgIpc) is 3.11. The van der Waals surface area contributed by atoms with E-state index in [2.05, 4.69) is 41.3 Å². The van der Waals surface area contributed by atoms with Crippen LogP contribution in [0.25, 0.3) is 10.9 Å². The monoisotopic (exact) mass is 378 g/mol. The van der Waals surface area contributed by atoms with Gasteiger partial charge in [-0.1, -0.05) is 26.0 Å². The van der Waals surface area contributed by atoms with Crippen LogP contribution in [-0.2, 0) is 4.74 Å². The fourth-order valence-corrected chi connectivity index (χ4v) is 3.62. The average molecular weight is 378 g/mol. The first-order valence-electron chi connectivity index (χ1n) is 9.75. The van der Waals surface area contributed by atoms with Gasteiger partial charge in [0, 0.05) is 36.6 Å². The molecule has 0 aliphatic carbocycles. The fraction of sp³-hybridized carbons (Fsp3) is 0.364. The SMILES string of the molecule is Cc1c[nH]c2c(Nc3cccc(C(C)C)c3)ncc(C(=O)N3CCOCC3)c12. The maximum absolute atomic E-state index is 13.0. The Labute approximate surface area is 164 Å². The molecule has 0 unspecified atom stereocenters. The smallest absolute Gasteiger partial charge is 0.256 e. The van der Waals surface area contributed by atoms with Gasteiger partial charge < -0.3 is 19.9 Å². The van der Waals surface area contributed by atoms with Gasteiger partial charge in [-0.2, -0.15) is 0 Å². The van der Waals surface area contributed by atoms with Crippen LogP contribution in [0.3, 0.4) is 0 Å². The molecule has 1 aromatic carbocycles. The number of aromatic amines is 1. The van der Waals surface area contributed by atoms with Crippen molar-refractivity contribution in [3.8, 4) is 0 Å². The van der Waals surface area contributed by atoms with Gasteiger partial charge in [-0.3, -0.25) is 4.79 Å². The predicted octanol–water partition coefficient (Wildman–Crippen LogP) is 4.21. The van der Waals surface area contributed by atoms with Crippen LogP contribution in [0.2, 0.25) is 0 Å². The van der Waals surface area contributed by atoms with E-state index in [4.69, 9.17) is 4.74 Å². The van der Waals surface area contributed by atoms with Crippen LogP contribution in [0, 0.1) is 6.92 Å². The second-order valence-corrected chi connectivity index (χ2v) is 7.55. The minimum atomic E-state index is 0.0110. The molecule has 0 radical (unpaired) electrons. The molecule has 0 atom stereocenters. The lowest BCUT2D eigenvalue weighted by atomic mass is 10.0. The minimum Gasteiger partial charge on any atom is -0.378 e. The molecule has 1 aliphatic heterocycles. The summed E-state index contributed by atoms with van der Waals surface area (Å²) in [6.45, 7) is 8.77. The number of hydrogen-bond donors (Lipinski definition) is 2. The van der Waals surface area contributed by atoms with E-state index in [-0.39, 0.29) is 5.91 Å². The molecule has 2 N–H and O–H groups in total. The molecule has 28 heavy (non-hydrogen) atoms. The Kier molecular flexibility index (Phi) is 5.05. The summed E-state index contributed by atoms with van der Waals surface area (Å²) < 4.78 is 5.37. The molecule has 6 heteroatoms. The number of rotatable bonds is 4. The van der Waals surface area contributed by atoms with Crippen LogP contribution in [0.1, 0.15) is 41.3 Å². The predicted molar refractivity (Wildman–Crippen MR) is 111 cm³/mol. The van der Waals surface area contributed by atoms with E-state index in [0.29, 0.717) is 37.8 Å². The molecule has 0 spiro atoms. The highest BCUT2D eigenvalue weighted by molar-refractivity contribution is 6.10. The first-order valence-corrected chi connectivity index (χ1v) is 9.75. The Morgan fingerprint density at radius 2 is 2.07 bits per heavy atom. The molecule has 0 bridgehead atoms. The summed E-state index contributed by atoms with van der Waals surface area (Å²) in [5.41, 5.74) is 4.78. The molecular weight excluding hydrogens is 352 g/mol. The second kappa shape index (κ2) is 7.64. The number of carbonyl (C=O) groups excluding carboxylic acids is 1. The molecule has 0 saturated carbocycles. The number of nitrogens with zero attached hydrogens (tertiary/aromatic N) is 2. The lowest BCUT2D eigenvalue weighted by molar-refractivity contribution is 0.0304. The van der Waals surface area contributed by atoms with Gasteiger partial charge in [-0.15, -0.1) is 0 Å². The van der Waals surface area contributed by atoms with Crippen molar-refractivity contribution in [3.63, 3.8) is 0 Å². The molecule has 1 saturated heterocycles. The number of pyridine rings is 1. The van der Waals surface area contributed by atoms with Gasteiger partial charge in [0.05, 0.1) is 24.3 Å². The number of morpholine rings is 1.